The van der Waals surface area contributed by atoms with Gasteiger partial charge in [-0.3, -0.25) is 4.79 Å². The van der Waals surface area contributed by atoms with Crippen LogP contribution < -0.4 is 10.6 Å². The van der Waals surface area contributed by atoms with E-state index in [4.69, 9.17) is 0 Å². The van der Waals surface area contributed by atoms with E-state index in [1.165, 1.54) is 12.8 Å². The first-order chi connectivity index (χ1) is 9.03. The summed E-state index contributed by atoms with van der Waals surface area (Å²) in [6, 6.07) is 0. The lowest BCUT2D eigenvalue weighted by Gasteiger charge is -2.30. The van der Waals surface area contributed by atoms with Gasteiger partial charge in [0, 0.05) is 31.0 Å². The summed E-state index contributed by atoms with van der Waals surface area (Å²) in [5, 5.41) is 16.0. The van der Waals surface area contributed by atoms with Gasteiger partial charge in [-0.25, -0.2) is 0 Å². The largest absolute Gasteiger partial charge is 0.391 e. The average molecular weight is 268 g/mol. The van der Waals surface area contributed by atoms with Crippen LogP contribution in [-0.2, 0) is 4.79 Å². The Morgan fingerprint density at radius 1 is 1.37 bits per heavy atom. The summed E-state index contributed by atoms with van der Waals surface area (Å²) in [4.78, 5) is 12.6. The van der Waals surface area contributed by atoms with Crippen molar-refractivity contribution in [1.82, 2.24) is 10.6 Å². The van der Waals surface area contributed by atoms with E-state index in [1.807, 2.05) is 0 Å². The molecular weight excluding hydrogens is 240 g/mol. The van der Waals surface area contributed by atoms with Gasteiger partial charge in [-0.05, 0) is 25.2 Å². The molecule has 0 spiro atoms. The summed E-state index contributed by atoms with van der Waals surface area (Å²) in [5.41, 5.74) is -0.134. The van der Waals surface area contributed by atoms with Gasteiger partial charge in [0.15, 0.2) is 0 Å². The van der Waals surface area contributed by atoms with E-state index in [0.717, 1.165) is 25.8 Å². The molecule has 1 heterocycles. The summed E-state index contributed by atoms with van der Waals surface area (Å²) in [6.07, 6.45) is 5.08. The van der Waals surface area contributed by atoms with E-state index >= 15 is 0 Å². The Labute approximate surface area is 116 Å². The van der Waals surface area contributed by atoms with Crippen molar-refractivity contribution in [3.63, 3.8) is 0 Å². The zero-order chi connectivity index (χ0) is 13.9. The molecule has 1 aliphatic heterocycles. The number of aliphatic hydroxyl groups excluding tert-OH is 1. The molecule has 0 aromatic rings. The summed E-state index contributed by atoms with van der Waals surface area (Å²) in [7, 11) is 0. The smallest absolute Gasteiger partial charge is 0.226 e. The fourth-order valence-electron chi connectivity index (χ4n) is 3.70. The second-order valence-electron chi connectivity index (χ2n) is 6.78. The third-order valence-electron chi connectivity index (χ3n) is 4.67. The third kappa shape index (κ3) is 3.48. The molecule has 4 nitrogen and oxygen atoms in total. The van der Waals surface area contributed by atoms with Gasteiger partial charge in [0.05, 0.1) is 6.10 Å². The fraction of sp³-hybridized carbons (Fsp3) is 0.933. The molecule has 0 aromatic carbocycles. The van der Waals surface area contributed by atoms with Gasteiger partial charge >= 0.3 is 0 Å². The van der Waals surface area contributed by atoms with Crippen molar-refractivity contribution in [2.24, 2.45) is 17.3 Å². The number of β-amino-alcohol motifs (C(OH)–C–C–N with tert-alkyl or cyclic N) is 1. The maximum atomic E-state index is 12.6. The van der Waals surface area contributed by atoms with Gasteiger partial charge in [-0.2, -0.15) is 0 Å². The van der Waals surface area contributed by atoms with Crippen molar-refractivity contribution in [2.45, 2.75) is 52.1 Å². The number of rotatable bonds is 5. The molecule has 2 atom stereocenters. The Morgan fingerprint density at radius 3 is 2.58 bits per heavy atom. The number of hydrogen-bond acceptors (Lipinski definition) is 3. The lowest BCUT2D eigenvalue weighted by atomic mass is 9.77. The van der Waals surface area contributed by atoms with Crippen molar-refractivity contribution < 1.29 is 9.90 Å². The predicted molar refractivity (Wildman–Crippen MR) is 75.7 cm³/mol. The van der Waals surface area contributed by atoms with Crippen LogP contribution in [0.15, 0.2) is 0 Å². The number of amides is 1. The molecule has 2 rings (SSSR count). The highest BCUT2D eigenvalue weighted by atomic mass is 16.3. The van der Waals surface area contributed by atoms with E-state index in [0.29, 0.717) is 19.0 Å². The lowest BCUT2D eigenvalue weighted by Crippen LogP contribution is -2.43. The Morgan fingerprint density at radius 2 is 2.05 bits per heavy atom. The highest BCUT2D eigenvalue weighted by Gasteiger charge is 2.41. The van der Waals surface area contributed by atoms with Crippen LogP contribution in [-0.4, -0.2) is 36.8 Å². The molecule has 0 bridgehead atoms. The maximum absolute atomic E-state index is 12.6. The monoisotopic (exact) mass is 268 g/mol. The van der Waals surface area contributed by atoms with E-state index in [1.54, 1.807) is 0 Å². The van der Waals surface area contributed by atoms with E-state index in [2.05, 4.69) is 24.5 Å². The maximum Gasteiger partial charge on any atom is 0.226 e. The molecule has 1 saturated heterocycles. The summed E-state index contributed by atoms with van der Waals surface area (Å²) < 4.78 is 0. The number of hydrogen-bond donors (Lipinski definition) is 3. The number of aliphatic hydroxyl groups is 1. The standard InChI is InChI=1S/C15H28N2O2/c1-11(2)7-15(5-3-4-6-15)14(19)17-9-12-8-16-10-13(12)18/h11-13,16,18H,3-10H2,1-2H3,(H,17,19). The minimum atomic E-state index is -0.315. The van der Waals surface area contributed by atoms with Crippen LogP contribution in [0.3, 0.4) is 0 Å². The fourth-order valence-corrected chi connectivity index (χ4v) is 3.70. The van der Waals surface area contributed by atoms with Crippen molar-refractivity contribution >= 4 is 5.91 Å². The van der Waals surface area contributed by atoms with Crippen LogP contribution in [0.1, 0.15) is 46.0 Å². The molecule has 0 aromatic heterocycles. The van der Waals surface area contributed by atoms with Crippen molar-refractivity contribution in [3.05, 3.63) is 0 Å². The molecule has 19 heavy (non-hydrogen) atoms. The molecule has 1 amide bonds. The molecule has 2 aliphatic rings. The van der Waals surface area contributed by atoms with Gasteiger partial charge in [-0.1, -0.05) is 26.7 Å². The predicted octanol–water partition coefficient (Wildman–Crippen LogP) is 1.29. The minimum Gasteiger partial charge on any atom is -0.391 e. The second-order valence-corrected chi connectivity index (χ2v) is 6.78. The van der Waals surface area contributed by atoms with Crippen molar-refractivity contribution in [2.75, 3.05) is 19.6 Å². The van der Waals surface area contributed by atoms with Crippen LogP contribution >= 0.6 is 0 Å². The Bertz CT molecular complexity index is 311. The van der Waals surface area contributed by atoms with Crippen molar-refractivity contribution in [1.29, 1.82) is 0 Å². The molecule has 2 fully saturated rings. The SMILES string of the molecule is CC(C)CC1(C(=O)NCC2CNCC2O)CCCC1. The average Bonchev–Trinajstić information content (AvgIpc) is 2.96. The molecule has 1 aliphatic carbocycles. The normalized spacial score (nSPS) is 29.9. The first-order valence-electron chi connectivity index (χ1n) is 7.70. The molecule has 110 valence electrons. The summed E-state index contributed by atoms with van der Waals surface area (Å²) in [6.45, 7) is 6.44. The highest BCUT2D eigenvalue weighted by Crippen LogP contribution is 2.43. The number of carbonyl (C=O) groups excluding carboxylic acids is 1. The first kappa shape index (κ1) is 14.8. The van der Waals surface area contributed by atoms with Gasteiger partial charge < -0.3 is 15.7 Å². The third-order valence-corrected chi connectivity index (χ3v) is 4.67. The molecule has 3 N–H and O–H groups in total. The van der Waals surface area contributed by atoms with Crippen LogP contribution in [0.4, 0.5) is 0 Å². The molecule has 0 radical (unpaired) electrons. The van der Waals surface area contributed by atoms with Gasteiger partial charge in [-0.15, -0.1) is 0 Å². The zero-order valence-electron chi connectivity index (χ0n) is 12.2. The van der Waals surface area contributed by atoms with Crippen LogP contribution in [0.25, 0.3) is 0 Å². The minimum absolute atomic E-state index is 0.134. The molecule has 4 heteroatoms. The highest BCUT2D eigenvalue weighted by molar-refractivity contribution is 5.82. The first-order valence-corrected chi connectivity index (χ1v) is 7.70. The van der Waals surface area contributed by atoms with Crippen LogP contribution in [0.2, 0.25) is 0 Å². The second kappa shape index (κ2) is 6.23. The summed E-state index contributed by atoms with van der Waals surface area (Å²) >= 11 is 0. The Kier molecular flexibility index (Phi) is 4.85. The van der Waals surface area contributed by atoms with Gasteiger partial charge in [0.25, 0.3) is 0 Å². The molecule has 2 unspecified atom stereocenters. The topological polar surface area (TPSA) is 61.4 Å². The number of nitrogens with one attached hydrogen (secondary N) is 2. The Balaban J connectivity index is 1.89. The Hall–Kier alpha value is -0.610. The quantitative estimate of drug-likeness (QED) is 0.704. The lowest BCUT2D eigenvalue weighted by molar-refractivity contribution is -0.132. The molecule has 1 saturated carbocycles. The van der Waals surface area contributed by atoms with E-state index < -0.39 is 0 Å². The van der Waals surface area contributed by atoms with Gasteiger partial charge in [0.1, 0.15) is 0 Å². The summed E-state index contributed by atoms with van der Waals surface area (Å²) in [5.74, 6) is 0.946. The van der Waals surface area contributed by atoms with E-state index in [-0.39, 0.29) is 23.3 Å². The number of carbonyl (C=O) groups is 1. The van der Waals surface area contributed by atoms with E-state index in [9.17, 15) is 9.90 Å². The van der Waals surface area contributed by atoms with Crippen LogP contribution in [0, 0.1) is 17.3 Å². The molecular formula is C15H28N2O2. The van der Waals surface area contributed by atoms with Gasteiger partial charge in [0.2, 0.25) is 5.91 Å². The van der Waals surface area contributed by atoms with Crippen molar-refractivity contribution in [3.8, 4) is 0 Å². The van der Waals surface area contributed by atoms with Crippen LogP contribution in [0.5, 0.6) is 0 Å². The zero-order valence-corrected chi connectivity index (χ0v) is 12.2.